The smallest absolute Gasteiger partial charge is 0.211 e. The summed E-state index contributed by atoms with van der Waals surface area (Å²) in [5, 5.41) is 14.3. The van der Waals surface area contributed by atoms with Crippen LogP contribution in [0.25, 0.3) is 0 Å². The predicted octanol–water partition coefficient (Wildman–Crippen LogP) is 2.01. The maximum atomic E-state index is 10.9. The summed E-state index contributed by atoms with van der Waals surface area (Å²) in [6, 6.07) is 9.64. The molecule has 1 heterocycles. The number of hydrogen-bond acceptors (Lipinski definition) is 3. The van der Waals surface area contributed by atoms with E-state index in [9.17, 15) is 5.11 Å². The minimum Gasteiger partial charge on any atom is -0.360 e. The normalized spacial score (nSPS) is 33.6. The van der Waals surface area contributed by atoms with Gasteiger partial charge in [0.1, 0.15) is 0 Å². The van der Waals surface area contributed by atoms with Crippen LogP contribution in [0.4, 0.5) is 0 Å². The van der Waals surface area contributed by atoms with Crippen molar-refractivity contribution in [1.82, 2.24) is 5.32 Å². The van der Waals surface area contributed by atoms with Crippen LogP contribution in [0.2, 0.25) is 0 Å². The fourth-order valence-corrected chi connectivity index (χ4v) is 2.63. The Morgan fingerprint density at radius 1 is 1.35 bits per heavy atom. The lowest BCUT2D eigenvalue weighted by Crippen LogP contribution is -2.64. The highest BCUT2D eigenvalue weighted by Gasteiger charge is 2.50. The van der Waals surface area contributed by atoms with Crippen LogP contribution in [0.1, 0.15) is 32.3 Å². The van der Waals surface area contributed by atoms with Crippen LogP contribution in [0.3, 0.4) is 0 Å². The molecule has 1 aliphatic rings. The SMILES string of the molecule is CCC[C@]1(C)NCCO[C@]1(O)c1ccccc1. The molecule has 0 spiro atoms. The zero-order valence-electron chi connectivity index (χ0n) is 10.6. The Morgan fingerprint density at radius 3 is 2.71 bits per heavy atom. The average molecular weight is 235 g/mol. The highest BCUT2D eigenvalue weighted by atomic mass is 16.6. The molecule has 0 aliphatic carbocycles. The lowest BCUT2D eigenvalue weighted by atomic mass is 9.81. The standard InChI is InChI=1S/C14H21NO2/c1-3-9-13(2)14(16,17-11-10-15-13)12-7-5-4-6-8-12/h4-8,15-16H,3,9-11H2,1-2H3/t13-,14+/m0/s1. The van der Waals surface area contributed by atoms with E-state index in [2.05, 4.69) is 12.2 Å². The fourth-order valence-electron chi connectivity index (χ4n) is 2.63. The third-order valence-electron chi connectivity index (χ3n) is 3.59. The van der Waals surface area contributed by atoms with Gasteiger partial charge >= 0.3 is 0 Å². The fraction of sp³-hybridized carbons (Fsp3) is 0.571. The van der Waals surface area contributed by atoms with E-state index in [0.29, 0.717) is 6.61 Å². The Bertz CT molecular complexity index is 364. The molecule has 2 N–H and O–H groups in total. The molecule has 0 bridgehead atoms. The minimum absolute atomic E-state index is 0.429. The van der Waals surface area contributed by atoms with Gasteiger partial charge in [0, 0.05) is 12.1 Å². The first kappa shape index (κ1) is 12.6. The van der Waals surface area contributed by atoms with E-state index in [1.54, 1.807) is 0 Å². The molecule has 1 aromatic carbocycles. The second-order valence-corrected chi connectivity index (χ2v) is 4.87. The van der Waals surface area contributed by atoms with Gasteiger partial charge in [-0.3, -0.25) is 0 Å². The lowest BCUT2D eigenvalue weighted by Gasteiger charge is -2.48. The van der Waals surface area contributed by atoms with E-state index in [0.717, 1.165) is 24.9 Å². The molecule has 2 atom stereocenters. The zero-order chi connectivity index (χ0) is 12.4. The third-order valence-corrected chi connectivity index (χ3v) is 3.59. The predicted molar refractivity (Wildman–Crippen MR) is 67.6 cm³/mol. The van der Waals surface area contributed by atoms with Crippen LogP contribution in [-0.2, 0) is 10.5 Å². The molecule has 0 amide bonds. The molecule has 3 nitrogen and oxygen atoms in total. The summed E-state index contributed by atoms with van der Waals surface area (Å²) in [6.07, 6.45) is 1.88. The molecule has 3 heteroatoms. The molecular formula is C14H21NO2. The molecule has 1 saturated heterocycles. The van der Waals surface area contributed by atoms with Crippen molar-refractivity contribution in [3.8, 4) is 0 Å². The molecular weight excluding hydrogens is 214 g/mol. The first-order valence-corrected chi connectivity index (χ1v) is 6.29. The molecule has 94 valence electrons. The number of rotatable bonds is 3. The van der Waals surface area contributed by atoms with Crippen LogP contribution in [0.15, 0.2) is 30.3 Å². The van der Waals surface area contributed by atoms with Crippen molar-refractivity contribution >= 4 is 0 Å². The number of aliphatic hydroxyl groups is 1. The van der Waals surface area contributed by atoms with Gasteiger partial charge in [-0.2, -0.15) is 0 Å². The van der Waals surface area contributed by atoms with Crippen LogP contribution < -0.4 is 5.32 Å². The van der Waals surface area contributed by atoms with E-state index in [4.69, 9.17) is 4.74 Å². The molecule has 1 aliphatic heterocycles. The zero-order valence-corrected chi connectivity index (χ0v) is 10.6. The molecule has 1 aromatic rings. The molecule has 0 radical (unpaired) electrons. The maximum Gasteiger partial charge on any atom is 0.211 e. The summed E-state index contributed by atoms with van der Waals surface area (Å²) in [4.78, 5) is 0. The number of hydrogen-bond donors (Lipinski definition) is 2. The van der Waals surface area contributed by atoms with Gasteiger partial charge in [-0.25, -0.2) is 0 Å². The van der Waals surface area contributed by atoms with Gasteiger partial charge in [-0.05, 0) is 13.3 Å². The van der Waals surface area contributed by atoms with Gasteiger partial charge in [0.25, 0.3) is 0 Å². The van der Waals surface area contributed by atoms with Crippen molar-refractivity contribution in [3.05, 3.63) is 35.9 Å². The second kappa shape index (κ2) is 4.77. The molecule has 0 unspecified atom stereocenters. The lowest BCUT2D eigenvalue weighted by molar-refractivity contribution is -0.278. The van der Waals surface area contributed by atoms with Crippen LogP contribution in [-0.4, -0.2) is 23.8 Å². The molecule has 17 heavy (non-hydrogen) atoms. The second-order valence-electron chi connectivity index (χ2n) is 4.87. The van der Waals surface area contributed by atoms with Gasteiger partial charge < -0.3 is 15.2 Å². The van der Waals surface area contributed by atoms with E-state index in [-0.39, 0.29) is 0 Å². The maximum absolute atomic E-state index is 10.9. The van der Waals surface area contributed by atoms with Gasteiger partial charge in [-0.1, -0.05) is 43.7 Å². The van der Waals surface area contributed by atoms with Crippen molar-refractivity contribution in [3.63, 3.8) is 0 Å². The number of morpholine rings is 1. The number of ether oxygens (including phenoxy) is 1. The van der Waals surface area contributed by atoms with Crippen LogP contribution >= 0.6 is 0 Å². The van der Waals surface area contributed by atoms with Gasteiger partial charge in [0.15, 0.2) is 0 Å². The van der Waals surface area contributed by atoms with Crippen molar-refractivity contribution in [1.29, 1.82) is 0 Å². The quantitative estimate of drug-likeness (QED) is 0.842. The summed E-state index contributed by atoms with van der Waals surface area (Å²) in [6.45, 7) is 5.46. The Kier molecular flexibility index (Phi) is 3.52. The molecule has 2 rings (SSSR count). The van der Waals surface area contributed by atoms with Crippen LogP contribution in [0, 0.1) is 0 Å². The van der Waals surface area contributed by atoms with Crippen molar-refractivity contribution in [2.75, 3.05) is 13.2 Å². The monoisotopic (exact) mass is 235 g/mol. The molecule has 1 fully saturated rings. The number of benzene rings is 1. The highest BCUT2D eigenvalue weighted by Crippen LogP contribution is 2.39. The van der Waals surface area contributed by atoms with Crippen molar-refractivity contribution in [2.45, 2.75) is 38.0 Å². The molecule has 0 saturated carbocycles. The number of nitrogens with one attached hydrogen (secondary N) is 1. The van der Waals surface area contributed by atoms with Crippen LogP contribution in [0.5, 0.6) is 0 Å². The Morgan fingerprint density at radius 2 is 2.06 bits per heavy atom. The van der Waals surface area contributed by atoms with Gasteiger partial charge in [0.2, 0.25) is 5.79 Å². The van der Waals surface area contributed by atoms with Gasteiger partial charge in [-0.15, -0.1) is 0 Å². The van der Waals surface area contributed by atoms with E-state index >= 15 is 0 Å². The summed E-state index contributed by atoms with van der Waals surface area (Å²) in [5.41, 5.74) is 0.393. The first-order chi connectivity index (χ1) is 8.12. The van der Waals surface area contributed by atoms with E-state index in [1.807, 2.05) is 37.3 Å². The van der Waals surface area contributed by atoms with Gasteiger partial charge in [0.05, 0.1) is 12.1 Å². The molecule has 0 aromatic heterocycles. The average Bonchev–Trinajstić information content (AvgIpc) is 2.35. The Balaban J connectivity index is 2.38. The summed E-state index contributed by atoms with van der Waals surface area (Å²) < 4.78 is 5.71. The Labute approximate surface area is 103 Å². The first-order valence-electron chi connectivity index (χ1n) is 6.29. The highest BCUT2D eigenvalue weighted by molar-refractivity contribution is 5.25. The topological polar surface area (TPSA) is 41.5 Å². The summed E-state index contributed by atoms with van der Waals surface area (Å²) >= 11 is 0. The minimum atomic E-state index is -1.23. The Hall–Kier alpha value is -0.900. The summed E-state index contributed by atoms with van der Waals surface area (Å²) in [5.74, 6) is -1.23. The summed E-state index contributed by atoms with van der Waals surface area (Å²) in [7, 11) is 0. The largest absolute Gasteiger partial charge is 0.360 e. The van der Waals surface area contributed by atoms with Crippen molar-refractivity contribution < 1.29 is 9.84 Å². The third kappa shape index (κ3) is 2.10. The van der Waals surface area contributed by atoms with Crippen molar-refractivity contribution in [2.24, 2.45) is 0 Å². The van der Waals surface area contributed by atoms with E-state index in [1.165, 1.54) is 0 Å². The van der Waals surface area contributed by atoms with E-state index < -0.39 is 11.3 Å².